The van der Waals surface area contributed by atoms with E-state index >= 15 is 0 Å². The summed E-state index contributed by atoms with van der Waals surface area (Å²) in [6.45, 7) is 41.6. The van der Waals surface area contributed by atoms with Gasteiger partial charge in [-0.1, -0.05) is 125 Å². The fourth-order valence-corrected chi connectivity index (χ4v) is 2.47. The minimum atomic E-state index is -0.161. The van der Waals surface area contributed by atoms with Crippen LogP contribution in [0.1, 0.15) is 163 Å². The number of carbonyl (C=O) groups is 1. The van der Waals surface area contributed by atoms with Crippen molar-refractivity contribution in [1.82, 2.24) is 0 Å². The molecular weight excluding hydrogens is 428 g/mol. The fourth-order valence-electron chi connectivity index (χ4n) is 2.47. The molecule has 0 atom stereocenters. The monoisotopic (exact) mass is 499 g/mol. The Morgan fingerprint density at radius 1 is 0.429 bits per heavy atom. The molecule has 35 heavy (non-hydrogen) atoms. The van der Waals surface area contributed by atoms with Crippen LogP contribution in [0.2, 0.25) is 0 Å². The molecule has 0 fully saturated rings. The van der Waals surface area contributed by atoms with E-state index < -0.39 is 0 Å². The molecule has 0 heterocycles. The normalized spacial score (nSPS) is 13.4. The molecule has 0 aliphatic rings. The average Bonchev–Trinajstić information content (AvgIpc) is 2.54. The van der Waals surface area contributed by atoms with Crippen molar-refractivity contribution in [2.45, 2.75) is 163 Å². The maximum Gasteiger partial charge on any atom is 0.138 e. The molecular formula is C33H70O2. The number of hydrogen-bond donors (Lipinski definition) is 0. The Balaban J connectivity index is -0.000000443. The van der Waals surface area contributed by atoms with Gasteiger partial charge >= 0.3 is 0 Å². The van der Waals surface area contributed by atoms with Crippen LogP contribution in [0, 0.1) is 32.5 Å². The first-order chi connectivity index (χ1) is 15.0. The number of Topliss-reactive ketones (excluding diaryl/α,β-unsaturated/α-hetero) is 1. The number of hydrogen-bond acceptors (Lipinski definition) is 2. The van der Waals surface area contributed by atoms with Crippen LogP contribution in [-0.2, 0) is 9.53 Å². The molecule has 2 nitrogen and oxygen atoms in total. The van der Waals surface area contributed by atoms with Crippen LogP contribution in [0.15, 0.2) is 0 Å². The van der Waals surface area contributed by atoms with Crippen molar-refractivity contribution >= 4 is 5.78 Å². The zero-order valence-corrected chi connectivity index (χ0v) is 28.0. The van der Waals surface area contributed by atoms with E-state index in [1.165, 1.54) is 12.8 Å². The van der Waals surface area contributed by atoms with Crippen LogP contribution >= 0.6 is 0 Å². The molecule has 0 aromatic heterocycles. The van der Waals surface area contributed by atoms with Gasteiger partial charge in [0.25, 0.3) is 0 Å². The Morgan fingerprint density at radius 2 is 0.686 bits per heavy atom. The van der Waals surface area contributed by atoms with Gasteiger partial charge in [-0.15, -0.1) is 0 Å². The standard InChI is InChI=1S/C12H26O.C11H22O.C10H22/c1-11(2,3)7-9-13-10-8-12(4,5)6;1-10(2,3)8-7-9(12)11(4,5)6;1-9(2,3)7-8-10(4,5)6/h7-10H2,1-6H3;7-8H2,1-6H3;7-8H2,1-6H3. The molecule has 0 bridgehead atoms. The van der Waals surface area contributed by atoms with Crippen molar-refractivity contribution in [3.8, 4) is 0 Å². The highest BCUT2D eigenvalue weighted by Crippen LogP contribution is 2.29. The third-order valence-corrected chi connectivity index (χ3v) is 5.56. The van der Waals surface area contributed by atoms with Crippen molar-refractivity contribution in [3.05, 3.63) is 0 Å². The van der Waals surface area contributed by atoms with Crippen LogP contribution in [0.4, 0.5) is 0 Å². The van der Waals surface area contributed by atoms with Crippen molar-refractivity contribution in [2.24, 2.45) is 32.5 Å². The second kappa shape index (κ2) is 15.8. The van der Waals surface area contributed by atoms with Gasteiger partial charge in [0.15, 0.2) is 0 Å². The summed E-state index contributed by atoms with van der Waals surface area (Å²) >= 11 is 0. The molecule has 214 valence electrons. The molecule has 0 spiro atoms. The molecule has 0 aromatic carbocycles. The molecule has 0 amide bonds. The highest BCUT2D eigenvalue weighted by atomic mass is 16.5. The lowest BCUT2D eigenvalue weighted by atomic mass is 9.81. The number of carbonyl (C=O) groups excluding carboxylic acids is 1. The van der Waals surface area contributed by atoms with Crippen LogP contribution in [0.5, 0.6) is 0 Å². The zero-order chi connectivity index (χ0) is 28.9. The second-order valence-electron chi connectivity index (χ2n) is 17.6. The summed E-state index contributed by atoms with van der Waals surface area (Å²) < 4.78 is 5.59. The summed E-state index contributed by atoms with van der Waals surface area (Å²) in [7, 11) is 0. The quantitative estimate of drug-likeness (QED) is 0.326. The average molecular weight is 499 g/mol. The fraction of sp³-hybridized carbons (Fsp3) is 0.970. The van der Waals surface area contributed by atoms with Crippen molar-refractivity contribution in [2.75, 3.05) is 13.2 Å². The van der Waals surface area contributed by atoms with E-state index in [1.807, 2.05) is 20.8 Å². The predicted octanol–water partition coefficient (Wildman–Crippen LogP) is 11.2. The largest absolute Gasteiger partial charge is 0.381 e. The molecule has 0 saturated heterocycles. The highest BCUT2D eigenvalue weighted by Gasteiger charge is 2.22. The molecule has 0 aliphatic heterocycles. The highest BCUT2D eigenvalue weighted by molar-refractivity contribution is 5.83. The molecule has 0 N–H and O–H groups in total. The van der Waals surface area contributed by atoms with Gasteiger partial charge in [0, 0.05) is 25.0 Å². The van der Waals surface area contributed by atoms with Crippen molar-refractivity contribution in [3.63, 3.8) is 0 Å². The third-order valence-electron chi connectivity index (χ3n) is 5.56. The Kier molecular flexibility index (Phi) is 17.7. The van der Waals surface area contributed by atoms with E-state index in [-0.39, 0.29) is 10.8 Å². The van der Waals surface area contributed by atoms with Gasteiger partial charge in [-0.05, 0) is 59.2 Å². The minimum Gasteiger partial charge on any atom is -0.381 e. The van der Waals surface area contributed by atoms with Gasteiger partial charge in [-0.25, -0.2) is 0 Å². The van der Waals surface area contributed by atoms with Crippen molar-refractivity contribution < 1.29 is 9.53 Å². The number of ether oxygens (including phenoxy) is 1. The minimum absolute atomic E-state index is 0.161. The molecule has 0 unspecified atom stereocenters. The predicted molar refractivity (Wildman–Crippen MR) is 160 cm³/mol. The summed E-state index contributed by atoms with van der Waals surface area (Å²) in [5.74, 6) is 0.373. The van der Waals surface area contributed by atoms with Gasteiger partial charge < -0.3 is 4.74 Å². The van der Waals surface area contributed by atoms with E-state index in [9.17, 15) is 4.79 Å². The number of ketones is 1. The van der Waals surface area contributed by atoms with E-state index in [4.69, 9.17) is 4.74 Å². The molecule has 0 radical (unpaired) electrons. The van der Waals surface area contributed by atoms with Crippen LogP contribution in [0.25, 0.3) is 0 Å². The molecule has 0 saturated carbocycles. The van der Waals surface area contributed by atoms with Crippen LogP contribution in [-0.4, -0.2) is 19.0 Å². The first-order valence-corrected chi connectivity index (χ1v) is 14.2. The SMILES string of the molecule is CC(C)(C)CCC(=O)C(C)(C)C.CC(C)(C)CCC(C)(C)C.CC(C)(C)CCOCCC(C)(C)C. The lowest BCUT2D eigenvalue weighted by Crippen LogP contribution is -2.21. The second-order valence-corrected chi connectivity index (χ2v) is 17.6. The summed E-state index contributed by atoms with van der Waals surface area (Å²) in [5.41, 5.74) is 1.94. The lowest BCUT2D eigenvalue weighted by Gasteiger charge is -2.24. The smallest absolute Gasteiger partial charge is 0.138 e. The maximum absolute atomic E-state index is 11.5. The molecule has 0 rings (SSSR count). The van der Waals surface area contributed by atoms with Gasteiger partial charge in [-0.3, -0.25) is 4.79 Å². The summed E-state index contributed by atoms with van der Waals surface area (Å²) in [5, 5.41) is 0. The van der Waals surface area contributed by atoms with Crippen LogP contribution < -0.4 is 0 Å². The first kappa shape index (κ1) is 39.1. The Bertz CT molecular complexity index is 499. The molecule has 0 aliphatic carbocycles. The zero-order valence-electron chi connectivity index (χ0n) is 28.0. The summed E-state index contributed by atoms with van der Waals surface area (Å²) in [6.07, 6.45) is 6.66. The van der Waals surface area contributed by atoms with E-state index in [0.29, 0.717) is 33.9 Å². The first-order valence-electron chi connectivity index (χ1n) is 14.2. The Labute approximate surface area is 224 Å². The van der Waals surface area contributed by atoms with E-state index in [1.54, 1.807) is 0 Å². The van der Waals surface area contributed by atoms with E-state index in [2.05, 4.69) is 104 Å². The van der Waals surface area contributed by atoms with Gasteiger partial charge in [0.2, 0.25) is 0 Å². The van der Waals surface area contributed by atoms with Gasteiger partial charge in [-0.2, -0.15) is 0 Å². The Morgan fingerprint density at radius 3 is 0.886 bits per heavy atom. The van der Waals surface area contributed by atoms with Gasteiger partial charge in [0.05, 0.1) is 0 Å². The summed E-state index contributed by atoms with van der Waals surface area (Å²) in [6, 6.07) is 0. The van der Waals surface area contributed by atoms with Gasteiger partial charge in [0.1, 0.15) is 5.78 Å². The topological polar surface area (TPSA) is 26.3 Å². The molecule has 0 aromatic rings. The maximum atomic E-state index is 11.5. The van der Waals surface area contributed by atoms with Crippen molar-refractivity contribution in [1.29, 1.82) is 0 Å². The Hall–Kier alpha value is -0.370. The van der Waals surface area contributed by atoms with Crippen LogP contribution in [0.3, 0.4) is 0 Å². The molecule has 2 heteroatoms. The summed E-state index contributed by atoms with van der Waals surface area (Å²) in [4.78, 5) is 11.5. The van der Waals surface area contributed by atoms with E-state index in [0.717, 1.165) is 32.5 Å². The lowest BCUT2D eigenvalue weighted by molar-refractivity contribution is -0.126. The number of rotatable bonds is 7. The third kappa shape index (κ3) is 41.0.